The fraction of sp³-hybridized carbons (Fsp3) is 0.152. The molecule has 0 unspecified atom stereocenters. The number of benzene rings is 4. The molecule has 5 aromatic rings. The molecule has 0 fully saturated rings. The number of nitriles is 1. The first kappa shape index (κ1) is 21.6. The van der Waals surface area contributed by atoms with Crippen molar-refractivity contribution < 1.29 is 4.79 Å². The van der Waals surface area contributed by atoms with Gasteiger partial charge in [-0.15, -0.1) is 0 Å². The molecule has 178 valence electrons. The van der Waals surface area contributed by atoms with Gasteiger partial charge >= 0.3 is 0 Å². The van der Waals surface area contributed by atoms with Crippen molar-refractivity contribution >= 4 is 38.7 Å². The Morgan fingerprint density at radius 2 is 1.68 bits per heavy atom. The molecule has 4 heteroatoms. The van der Waals surface area contributed by atoms with Gasteiger partial charge in [-0.3, -0.25) is 4.79 Å². The highest BCUT2D eigenvalue weighted by molar-refractivity contribution is 6.13. The molecular formula is C33H25N3O. The Kier molecular flexibility index (Phi) is 4.97. The molecule has 0 bridgehead atoms. The molecule has 0 saturated carbocycles. The number of carbonyl (C=O) groups is 1. The number of aromatic nitrogens is 1. The minimum Gasteiger partial charge on any atom is -0.373 e. The summed E-state index contributed by atoms with van der Waals surface area (Å²) < 4.78 is 2.21. The summed E-state index contributed by atoms with van der Waals surface area (Å²) >= 11 is 0. The second-order valence-corrected chi connectivity index (χ2v) is 9.95. The maximum Gasteiger partial charge on any atom is 0.161 e. The Morgan fingerprint density at radius 1 is 0.892 bits per heavy atom. The van der Waals surface area contributed by atoms with Crippen LogP contribution in [0.5, 0.6) is 0 Å². The van der Waals surface area contributed by atoms with E-state index in [1.54, 1.807) is 0 Å². The van der Waals surface area contributed by atoms with E-state index in [1.165, 1.54) is 21.9 Å². The minimum absolute atomic E-state index is 0.214. The molecule has 37 heavy (non-hydrogen) atoms. The van der Waals surface area contributed by atoms with Gasteiger partial charge in [0.15, 0.2) is 5.78 Å². The number of nitrogens with zero attached hydrogens (tertiary/aromatic N) is 2. The van der Waals surface area contributed by atoms with Gasteiger partial charge in [0.1, 0.15) is 0 Å². The predicted molar refractivity (Wildman–Crippen MR) is 148 cm³/mol. The van der Waals surface area contributed by atoms with Gasteiger partial charge in [-0.25, -0.2) is 0 Å². The highest BCUT2D eigenvalue weighted by Gasteiger charge is 2.36. The van der Waals surface area contributed by atoms with Gasteiger partial charge in [-0.1, -0.05) is 66.7 Å². The number of rotatable bonds is 3. The summed E-state index contributed by atoms with van der Waals surface area (Å²) in [5, 5.41) is 16.9. The molecule has 0 saturated heterocycles. The van der Waals surface area contributed by atoms with Crippen molar-refractivity contribution in [1.29, 1.82) is 5.26 Å². The second-order valence-electron chi connectivity index (χ2n) is 9.95. The second kappa shape index (κ2) is 8.50. The summed E-state index contributed by atoms with van der Waals surface area (Å²) in [5.41, 5.74) is 8.25. The van der Waals surface area contributed by atoms with E-state index in [9.17, 15) is 10.1 Å². The van der Waals surface area contributed by atoms with Crippen LogP contribution >= 0.6 is 0 Å². The number of allylic oxidation sites excluding steroid dienone is 1. The van der Waals surface area contributed by atoms with E-state index in [0.29, 0.717) is 18.5 Å². The molecule has 1 aromatic heterocycles. The minimum atomic E-state index is -0.214. The van der Waals surface area contributed by atoms with Crippen molar-refractivity contribution in [3.8, 4) is 6.07 Å². The van der Waals surface area contributed by atoms with Gasteiger partial charge in [0.25, 0.3) is 0 Å². The Labute approximate surface area is 215 Å². The lowest BCUT2D eigenvalue weighted by Gasteiger charge is -2.35. The number of hydrogen-bond acceptors (Lipinski definition) is 3. The zero-order valence-corrected chi connectivity index (χ0v) is 20.4. The largest absolute Gasteiger partial charge is 0.373 e. The first-order chi connectivity index (χ1) is 18.2. The fourth-order valence-electron chi connectivity index (χ4n) is 6.22. The molecule has 1 aliphatic carbocycles. The predicted octanol–water partition coefficient (Wildman–Crippen LogP) is 7.39. The molecule has 2 heterocycles. The molecule has 0 radical (unpaired) electrons. The van der Waals surface area contributed by atoms with Crippen molar-refractivity contribution in [1.82, 2.24) is 4.57 Å². The maximum absolute atomic E-state index is 13.5. The average molecular weight is 480 g/mol. The van der Waals surface area contributed by atoms with Crippen LogP contribution in [-0.4, -0.2) is 10.4 Å². The van der Waals surface area contributed by atoms with E-state index in [-0.39, 0.29) is 11.8 Å². The van der Waals surface area contributed by atoms with E-state index in [2.05, 4.69) is 76.7 Å². The summed E-state index contributed by atoms with van der Waals surface area (Å²) in [7, 11) is 0. The summed E-state index contributed by atoms with van der Waals surface area (Å²) in [6, 6.07) is 31.0. The lowest BCUT2D eigenvalue weighted by Crippen LogP contribution is -2.27. The van der Waals surface area contributed by atoms with Crippen molar-refractivity contribution in [3.63, 3.8) is 0 Å². The summed E-state index contributed by atoms with van der Waals surface area (Å²) in [4.78, 5) is 13.5. The lowest BCUT2D eigenvalue weighted by molar-refractivity contribution is -0.116. The fourth-order valence-corrected chi connectivity index (χ4v) is 6.22. The molecule has 1 atom stereocenters. The van der Waals surface area contributed by atoms with E-state index in [4.69, 9.17) is 0 Å². The molecular weight excluding hydrogens is 454 g/mol. The number of fused-ring (bicyclic) bond motifs is 5. The average Bonchev–Trinajstić information content (AvgIpc) is 3.31. The van der Waals surface area contributed by atoms with Gasteiger partial charge in [0.2, 0.25) is 0 Å². The van der Waals surface area contributed by atoms with Crippen molar-refractivity contribution in [2.75, 3.05) is 5.32 Å². The van der Waals surface area contributed by atoms with Crippen LogP contribution in [0.1, 0.15) is 47.6 Å². The van der Waals surface area contributed by atoms with Crippen molar-refractivity contribution in [2.45, 2.75) is 31.8 Å². The van der Waals surface area contributed by atoms with E-state index < -0.39 is 0 Å². The van der Waals surface area contributed by atoms with E-state index in [0.717, 1.165) is 46.1 Å². The van der Waals surface area contributed by atoms with Gasteiger partial charge in [-0.05, 0) is 52.9 Å². The zero-order valence-electron chi connectivity index (χ0n) is 20.4. The standard InChI is InChI=1S/C33H25N3O/c34-18-22-9-1-2-10-23(22)19-36-20-27(25-12-5-6-14-29(25)36)33-32-26(13-7-15-30(32)37)31-24-11-4-3-8-21(24)16-17-28(31)35-33/h1-6,8-12,14,16-17,20,33,35H,7,13,15,19H2/t33-/m1/s1. The first-order valence-corrected chi connectivity index (χ1v) is 12.8. The highest BCUT2D eigenvalue weighted by atomic mass is 16.1. The quantitative estimate of drug-likeness (QED) is 0.294. The number of hydrogen-bond donors (Lipinski definition) is 1. The number of ketones is 1. The van der Waals surface area contributed by atoms with Gasteiger partial charge in [0, 0.05) is 52.5 Å². The first-order valence-electron chi connectivity index (χ1n) is 12.8. The van der Waals surface area contributed by atoms with Crippen LogP contribution in [0.3, 0.4) is 0 Å². The maximum atomic E-state index is 13.5. The molecule has 0 amide bonds. The summed E-state index contributed by atoms with van der Waals surface area (Å²) in [6.07, 6.45) is 4.56. The molecule has 4 aromatic carbocycles. The van der Waals surface area contributed by atoms with E-state index >= 15 is 0 Å². The van der Waals surface area contributed by atoms with Crippen LogP contribution < -0.4 is 5.32 Å². The number of carbonyl (C=O) groups excluding carboxylic acids is 1. The molecule has 4 nitrogen and oxygen atoms in total. The summed E-state index contributed by atoms with van der Waals surface area (Å²) in [6.45, 7) is 0.595. The van der Waals surface area contributed by atoms with Crippen LogP contribution in [0.15, 0.2) is 96.7 Å². The van der Waals surface area contributed by atoms with Crippen molar-refractivity contribution in [2.24, 2.45) is 0 Å². The highest BCUT2D eigenvalue weighted by Crippen LogP contribution is 2.49. The van der Waals surface area contributed by atoms with Crippen molar-refractivity contribution in [3.05, 3.63) is 119 Å². The Morgan fingerprint density at radius 3 is 2.57 bits per heavy atom. The number of nitrogens with one attached hydrogen (secondary N) is 1. The number of Topliss-reactive ketones (excluding diaryl/α,β-unsaturated/α-hetero) is 1. The molecule has 2 aliphatic rings. The van der Waals surface area contributed by atoms with Crippen LogP contribution in [0.4, 0.5) is 5.69 Å². The Bertz CT molecular complexity index is 1800. The number of anilines is 1. The SMILES string of the molecule is N#Cc1ccccc1Cn1cc([C@H]2Nc3ccc4ccccc4c3C3=C2C(=O)CCC3)c2ccccc21. The number of para-hydroxylation sites is 1. The lowest BCUT2D eigenvalue weighted by atomic mass is 9.77. The Balaban J connectivity index is 1.43. The van der Waals surface area contributed by atoms with Crippen LogP contribution in [0, 0.1) is 11.3 Å². The molecule has 0 spiro atoms. The molecule has 7 rings (SSSR count). The Hall–Kier alpha value is -4.62. The zero-order chi connectivity index (χ0) is 24.9. The van der Waals surface area contributed by atoms with Gasteiger partial charge in [-0.2, -0.15) is 5.26 Å². The monoisotopic (exact) mass is 479 g/mol. The van der Waals surface area contributed by atoms with Crippen LogP contribution in [-0.2, 0) is 11.3 Å². The molecule has 1 aliphatic heterocycles. The summed E-state index contributed by atoms with van der Waals surface area (Å²) in [5.74, 6) is 0.240. The normalized spacial score (nSPS) is 16.8. The third-order valence-electron chi connectivity index (χ3n) is 7.88. The third-order valence-corrected chi connectivity index (χ3v) is 7.88. The van der Waals surface area contributed by atoms with E-state index in [1.807, 2.05) is 30.3 Å². The third kappa shape index (κ3) is 3.39. The smallest absolute Gasteiger partial charge is 0.161 e. The van der Waals surface area contributed by atoms with Gasteiger partial charge in [0.05, 0.1) is 17.7 Å². The van der Waals surface area contributed by atoms with Crippen LogP contribution in [0.25, 0.3) is 27.2 Å². The van der Waals surface area contributed by atoms with Crippen LogP contribution in [0.2, 0.25) is 0 Å². The topological polar surface area (TPSA) is 57.8 Å². The molecule has 1 N–H and O–H groups in total. The van der Waals surface area contributed by atoms with Gasteiger partial charge < -0.3 is 9.88 Å².